The van der Waals surface area contributed by atoms with Gasteiger partial charge in [0, 0.05) is 24.7 Å². The van der Waals surface area contributed by atoms with Gasteiger partial charge in [0.05, 0.1) is 7.11 Å². The molecule has 6 nitrogen and oxygen atoms in total. The number of aromatic nitrogens is 1. The lowest BCUT2D eigenvalue weighted by Gasteiger charge is -2.15. The van der Waals surface area contributed by atoms with Crippen LogP contribution in [-0.2, 0) is 27.3 Å². The molecule has 0 N–H and O–H groups in total. The van der Waals surface area contributed by atoms with E-state index in [1.165, 1.54) is 13.2 Å². The SMILES string of the molecule is CCOC(Cc1ccc(OCc2nc(-c3ccccc3)oc2C)cc1F)C(=O)OC. The number of carbonyl (C=O) groups excluding carboxylic acids is 1. The summed E-state index contributed by atoms with van der Waals surface area (Å²) in [6, 6.07) is 14.1. The van der Waals surface area contributed by atoms with E-state index in [-0.39, 0.29) is 13.0 Å². The number of nitrogens with zero attached hydrogens (tertiary/aromatic N) is 1. The largest absolute Gasteiger partial charge is 0.487 e. The van der Waals surface area contributed by atoms with Crippen molar-refractivity contribution in [2.24, 2.45) is 0 Å². The third-order valence-electron chi connectivity index (χ3n) is 4.55. The Bertz CT molecular complexity index is 987. The number of aryl methyl sites for hydroxylation is 1. The molecule has 0 aliphatic rings. The lowest BCUT2D eigenvalue weighted by Crippen LogP contribution is -2.28. The van der Waals surface area contributed by atoms with Crippen molar-refractivity contribution in [2.45, 2.75) is 33.0 Å². The molecular formula is C23H24FNO5. The first-order chi connectivity index (χ1) is 14.5. The molecule has 0 radical (unpaired) electrons. The van der Waals surface area contributed by atoms with E-state index in [2.05, 4.69) is 4.98 Å². The summed E-state index contributed by atoms with van der Waals surface area (Å²) in [6.45, 7) is 4.04. The van der Waals surface area contributed by atoms with Crippen molar-refractivity contribution < 1.29 is 27.8 Å². The van der Waals surface area contributed by atoms with Crippen LogP contribution in [0.3, 0.4) is 0 Å². The van der Waals surface area contributed by atoms with E-state index >= 15 is 0 Å². The maximum absolute atomic E-state index is 14.5. The molecule has 0 amide bonds. The lowest BCUT2D eigenvalue weighted by molar-refractivity contribution is -0.153. The van der Waals surface area contributed by atoms with E-state index in [9.17, 15) is 9.18 Å². The van der Waals surface area contributed by atoms with Crippen LogP contribution in [-0.4, -0.2) is 30.8 Å². The van der Waals surface area contributed by atoms with Gasteiger partial charge in [-0.05, 0) is 37.6 Å². The summed E-state index contributed by atoms with van der Waals surface area (Å²) < 4.78 is 36.0. The molecule has 158 valence electrons. The molecule has 2 aromatic carbocycles. The molecule has 0 saturated heterocycles. The second kappa shape index (κ2) is 10.0. The Morgan fingerprint density at radius 2 is 1.97 bits per heavy atom. The van der Waals surface area contributed by atoms with E-state index in [0.29, 0.717) is 35.3 Å². The van der Waals surface area contributed by atoms with E-state index < -0.39 is 17.9 Å². The van der Waals surface area contributed by atoms with Gasteiger partial charge in [-0.1, -0.05) is 24.3 Å². The van der Waals surface area contributed by atoms with Crippen molar-refractivity contribution >= 4 is 5.97 Å². The van der Waals surface area contributed by atoms with Gasteiger partial charge in [0.1, 0.15) is 29.6 Å². The van der Waals surface area contributed by atoms with Crippen LogP contribution in [0.2, 0.25) is 0 Å². The van der Waals surface area contributed by atoms with Crippen LogP contribution < -0.4 is 4.74 Å². The van der Waals surface area contributed by atoms with Gasteiger partial charge in [0.15, 0.2) is 6.10 Å². The molecule has 0 aliphatic carbocycles. The molecule has 0 bridgehead atoms. The average molecular weight is 413 g/mol. The Morgan fingerprint density at radius 3 is 2.63 bits per heavy atom. The Balaban J connectivity index is 1.66. The normalized spacial score (nSPS) is 11.9. The molecule has 30 heavy (non-hydrogen) atoms. The molecule has 3 rings (SSSR count). The fraction of sp³-hybridized carbons (Fsp3) is 0.304. The summed E-state index contributed by atoms with van der Waals surface area (Å²) in [7, 11) is 1.27. The van der Waals surface area contributed by atoms with Gasteiger partial charge in [0.2, 0.25) is 5.89 Å². The van der Waals surface area contributed by atoms with Gasteiger partial charge in [-0.2, -0.15) is 0 Å². The van der Waals surface area contributed by atoms with Crippen molar-refractivity contribution in [3.8, 4) is 17.2 Å². The van der Waals surface area contributed by atoms with Crippen molar-refractivity contribution in [1.82, 2.24) is 4.98 Å². The average Bonchev–Trinajstić information content (AvgIpc) is 3.14. The summed E-state index contributed by atoms with van der Waals surface area (Å²) >= 11 is 0. The molecule has 0 spiro atoms. The van der Waals surface area contributed by atoms with E-state index in [4.69, 9.17) is 18.6 Å². The zero-order valence-electron chi connectivity index (χ0n) is 17.2. The highest BCUT2D eigenvalue weighted by molar-refractivity contribution is 5.75. The van der Waals surface area contributed by atoms with Gasteiger partial charge in [0.25, 0.3) is 0 Å². The van der Waals surface area contributed by atoms with Crippen molar-refractivity contribution in [2.75, 3.05) is 13.7 Å². The highest BCUT2D eigenvalue weighted by Gasteiger charge is 2.22. The third kappa shape index (κ3) is 5.24. The second-order valence-electron chi connectivity index (χ2n) is 6.60. The fourth-order valence-corrected chi connectivity index (χ4v) is 2.94. The molecule has 3 aromatic rings. The molecule has 0 fully saturated rings. The number of hydrogen-bond acceptors (Lipinski definition) is 6. The Morgan fingerprint density at radius 1 is 1.20 bits per heavy atom. The predicted octanol–water partition coefficient (Wildman–Crippen LogP) is 4.49. The number of oxazole rings is 1. The number of ether oxygens (including phenoxy) is 3. The van der Waals surface area contributed by atoms with Gasteiger partial charge in [-0.25, -0.2) is 14.2 Å². The quantitative estimate of drug-likeness (QED) is 0.482. The smallest absolute Gasteiger partial charge is 0.335 e. The number of methoxy groups -OCH3 is 1. The summed E-state index contributed by atoms with van der Waals surface area (Å²) in [5, 5.41) is 0. The van der Waals surface area contributed by atoms with E-state index in [1.54, 1.807) is 19.1 Å². The number of esters is 1. The molecular weight excluding hydrogens is 389 g/mol. The van der Waals surface area contributed by atoms with E-state index in [1.807, 2.05) is 37.3 Å². The van der Waals surface area contributed by atoms with Crippen molar-refractivity contribution in [3.05, 3.63) is 71.4 Å². The molecule has 1 atom stereocenters. The number of benzene rings is 2. The van der Waals surface area contributed by atoms with Crippen LogP contribution >= 0.6 is 0 Å². The topological polar surface area (TPSA) is 70.8 Å². The molecule has 1 heterocycles. The molecule has 7 heteroatoms. The van der Waals surface area contributed by atoms with Crippen LogP contribution in [0.5, 0.6) is 5.75 Å². The Hall–Kier alpha value is -3.19. The fourth-order valence-electron chi connectivity index (χ4n) is 2.94. The first-order valence-electron chi connectivity index (χ1n) is 9.64. The molecule has 0 saturated carbocycles. The predicted molar refractivity (Wildman–Crippen MR) is 109 cm³/mol. The highest BCUT2D eigenvalue weighted by atomic mass is 19.1. The van der Waals surface area contributed by atoms with E-state index in [0.717, 1.165) is 5.56 Å². The first-order valence-corrected chi connectivity index (χ1v) is 9.64. The van der Waals surface area contributed by atoms with Gasteiger partial charge in [-0.15, -0.1) is 0 Å². The number of carbonyl (C=O) groups is 1. The van der Waals surface area contributed by atoms with Crippen molar-refractivity contribution in [3.63, 3.8) is 0 Å². The van der Waals surface area contributed by atoms with Gasteiger partial charge >= 0.3 is 5.97 Å². The summed E-state index contributed by atoms with van der Waals surface area (Å²) in [6.07, 6.45) is -0.773. The maximum Gasteiger partial charge on any atom is 0.335 e. The Kier molecular flexibility index (Phi) is 7.19. The van der Waals surface area contributed by atoms with Crippen LogP contribution in [0.4, 0.5) is 4.39 Å². The standard InChI is InChI=1S/C23H24FNO5/c1-4-28-21(23(26)27-3)12-17-10-11-18(13-19(17)24)29-14-20-15(2)30-22(25-20)16-8-6-5-7-9-16/h5-11,13,21H,4,12,14H2,1-3H3. The minimum Gasteiger partial charge on any atom is -0.487 e. The number of hydrogen-bond donors (Lipinski definition) is 0. The zero-order chi connectivity index (χ0) is 21.5. The summed E-state index contributed by atoms with van der Waals surface area (Å²) in [5.74, 6) is 0.489. The second-order valence-corrected chi connectivity index (χ2v) is 6.60. The highest BCUT2D eigenvalue weighted by Crippen LogP contribution is 2.24. The molecule has 1 aromatic heterocycles. The van der Waals surface area contributed by atoms with Crippen molar-refractivity contribution in [1.29, 1.82) is 0 Å². The molecule has 1 unspecified atom stereocenters. The van der Waals surface area contributed by atoms with Crippen LogP contribution in [0.25, 0.3) is 11.5 Å². The van der Waals surface area contributed by atoms with Crippen LogP contribution in [0, 0.1) is 12.7 Å². The van der Waals surface area contributed by atoms with Gasteiger partial charge in [-0.3, -0.25) is 0 Å². The first kappa shape index (κ1) is 21.5. The minimum absolute atomic E-state index is 0.0788. The van der Waals surface area contributed by atoms with Crippen LogP contribution in [0.1, 0.15) is 23.9 Å². The van der Waals surface area contributed by atoms with Gasteiger partial charge < -0.3 is 18.6 Å². The lowest BCUT2D eigenvalue weighted by atomic mass is 10.1. The number of rotatable bonds is 9. The minimum atomic E-state index is -0.851. The maximum atomic E-state index is 14.5. The summed E-state index contributed by atoms with van der Waals surface area (Å²) in [4.78, 5) is 16.2. The molecule has 0 aliphatic heterocycles. The van der Waals surface area contributed by atoms with Crippen LogP contribution in [0.15, 0.2) is 52.9 Å². The Labute approximate surface area is 174 Å². The third-order valence-corrected chi connectivity index (χ3v) is 4.55. The monoisotopic (exact) mass is 413 g/mol. The number of halogens is 1. The summed E-state index contributed by atoms with van der Waals surface area (Å²) in [5.41, 5.74) is 1.85. The zero-order valence-corrected chi connectivity index (χ0v) is 17.2.